The van der Waals surface area contributed by atoms with E-state index in [1.807, 2.05) is 19.1 Å². The standard InChI is InChI=1S/C19H20N2O4S/c1-11-9-12(2)18(13(3)10-11)26(23,24)21-20-19(22)17-14(4)15-7-5-6-8-16(15)25-17/h5-10,21H,1-4H3,(H,20,22). The summed E-state index contributed by atoms with van der Waals surface area (Å²) in [5.74, 6) is -0.573. The Balaban J connectivity index is 1.86. The van der Waals surface area contributed by atoms with E-state index in [1.165, 1.54) is 0 Å². The summed E-state index contributed by atoms with van der Waals surface area (Å²) in [4.78, 5) is 14.7. The number of amides is 1. The number of nitrogens with one attached hydrogen (secondary N) is 2. The molecule has 0 aliphatic carbocycles. The van der Waals surface area contributed by atoms with Gasteiger partial charge in [0.05, 0.1) is 4.90 Å². The quantitative estimate of drug-likeness (QED) is 0.688. The number of aryl methyl sites for hydroxylation is 4. The van der Waals surface area contributed by atoms with E-state index in [0.29, 0.717) is 22.3 Å². The van der Waals surface area contributed by atoms with Crippen LogP contribution in [0.25, 0.3) is 11.0 Å². The van der Waals surface area contributed by atoms with Crippen LogP contribution in [0.5, 0.6) is 0 Å². The number of carbonyl (C=O) groups excluding carboxylic acids is 1. The fourth-order valence-corrected chi connectivity index (χ4v) is 4.50. The lowest BCUT2D eigenvalue weighted by molar-refractivity contribution is 0.0918. The van der Waals surface area contributed by atoms with E-state index in [9.17, 15) is 13.2 Å². The second-order valence-corrected chi connectivity index (χ2v) is 7.96. The summed E-state index contributed by atoms with van der Waals surface area (Å²) < 4.78 is 30.8. The lowest BCUT2D eigenvalue weighted by Crippen LogP contribution is -2.42. The molecule has 0 saturated carbocycles. The molecule has 1 amide bonds. The highest BCUT2D eigenvalue weighted by molar-refractivity contribution is 7.89. The lowest BCUT2D eigenvalue weighted by atomic mass is 10.1. The number of benzene rings is 2. The summed E-state index contributed by atoms with van der Waals surface area (Å²) in [5.41, 5.74) is 5.67. The van der Waals surface area contributed by atoms with Crippen LogP contribution in [0.1, 0.15) is 32.8 Å². The number of furan rings is 1. The first kappa shape index (κ1) is 18.2. The number of hydrazine groups is 1. The van der Waals surface area contributed by atoms with Gasteiger partial charge in [0.2, 0.25) is 0 Å². The van der Waals surface area contributed by atoms with Crippen LogP contribution < -0.4 is 10.3 Å². The minimum Gasteiger partial charge on any atom is -0.451 e. The summed E-state index contributed by atoms with van der Waals surface area (Å²) in [7, 11) is -3.91. The molecule has 1 heterocycles. The highest BCUT2D eigenvalue weighted by atomic mass is 32.2. The molecule has 26 heavy (non-hydrogen) atoms. The summed E-state index contributed by atoms with van der Waals surface area (Å²) in [6, 6.07) is 10.8. The molecule has 0 atom stereocenters. The second-order valence-electron chi connectivity index (χ2n) is 6.34. The first-order valence-corrected chi connectivity index (χ1v) is 9.57. The van der Waals surface area contributed by atoms with E-state index >= 15 is 0 Å². The fraction of sp³-hybridized carbons (Fsp3) is 0.211. The number of hydrogen-bond donors (Lipinski definition) is 2. The van der Waals surface area contributed by atoms with Gasteiger partial charge in [0, 0.05) is 10.9 Å². The van der Waals surface area contributed by atoms with E-state index in [1.54, 1.807) is 45.0 Å². The predicted molar refractivity (Wildman–Crippen MR) is 99.4 cm³/mol. The molecule has 0 aliphatic rings. The largest absolute Gasteiger partial charge is 0.451 e. The first-order valence-electron chi connectivity index (χ1n) is 8.09. The van der Waals surface area contributed by atoms with E-state index < -0.39 is 15.9 Å². The summed E-state index contributed by atoms with van der Waals surface area (Å²) in [5, 5.41) is 0.811. The van der Waals surface area contributed by atoms with Crippen molar-refractivity contribution in [3.8, 4) is 0 Å². The van der Waals surface area contributed by atoms with Crippen molar-refractivity contribution in [1.29, 1.82) is 0 Å². The maximum absolute atomic E-state index is 12.6. The average molecular weight is 372 g/mol. The Morgan fingerprint density at radius 3 is 2.23 bits per heavy atom. The number of carbonyl (C=O) groups is 1. The molecule has 6 nitrogen and oxygen atoms in total. The van der Waals surface area contributed by atoms with Crippen molar-refractivity contribution in [2.24, 2.45) is 0 Å². The molecule has 0 unspecified atom stereocenters. The Hall–Kier alpha value is -2.64. The van der Waals surface area contributed by atoms with Gasteiger partial charge in [0.1, 0.15) is 5.58 Å². The normalized spacial score (nSPS) is 11.7. The van der Waals surface area contributed by atoms with Crippen molar-refractivity contribution in [3.63, 3.8) is 0 Å². The molecule has 0 saturated heterocycles. The Morgan fingerprint density at radius 2 is 1.62 bits per heavy atom. The van der Waals surface area contributed by atoms with Crippen LogP contribution in [0.2, 0.25) is 0 Å². The molecule has 2 aromatic carbocycles. The Bertz CT molecular complexity index is 1090. The van der Waals surface area contributed by atoms with Crippen LogP contribution in [-0.2, 0) is 10.0 Å². The van der Waals surface area contributed by atoms with Crippen molar-refractivity contribution in [3.05, 3.63) is 64.4 Å². The molecule has 0 bridgehead atoms. The van der Waals surface area contributed by atoms with Gasteiger partial charge in [-0.25, -0.2) is 8.42 Å². The molecule has 0 radical (unpaired) electrons. The minimum atomic E-state index is -3.91. The van der Waals surface area contributed by atoms with Crippen LogP contribution in [0.4, 0.5) is 0 Å². The molecule has 2 N–H and O–H groups in total. The Kier molecular flexibility index (Phi) is 4.60. The zero-order chi connectivity index (χ0) is 19.1. The second kappa shape index (κ2) is 6.59. The topological polar surface area (TPSA) is 88.4 Å². The van der Waals surface area contributed by atoms with E-state index in [4.69, 9.17) is 4.42 Å². The zero-order valence-corrected chi connectivity index (χ0v) is 15.8. The third kappa shape index (κ3) is 3.23. The minimum absolute atomic E-state index is 0.0752. The smallest absolute Gasteiger partial charge is 0.302 e. The lowest BCUT2D eigenvalue weighted by Gasteiger charge is -2.13. The number of sulfonamides is 1. The highest BCUT2D eigenvalue weighted by Crippen LogP contribution is 2.25. The number of para-hydroxylation sites is 1. The SMILES string of the molecule is Cc1cc(C)c(S(=O)(=O)NNC(=O)c2oc3ccccc3c2C)c(C)c1. The third-order valence-electron chi connectivity index (χ3n) is 4.22. The molecule has 7 heteroatoms. The van der Waals surface area contributed by atoms with Crippen LogP contribution in [0.15, 0.2) is 45.7 Å². The molecule has 0 fully saturated rings. The predicted octanol–water partition coefficient (Wildman–Crippen LogP) is 3.29. The molecule has 0 spiro atoms. The third-order valence-corrected chi connectivity index (χ3v) is 5.77. The summed E-state index contributed by atoms with van der Waals surface area (Å²) in [6.45, 7) is 7.10. The van der Waals surface area contributed by atoms with Crippen LogP contribution in [-0.4, -0.2) is 14.3 Å². The number of fused-ring (bicyclic) bond motifs is 1. The van der Waals surface area contributed by atoms with Crippen molar-refractivity contribution in [1.82, 2.24) is 10.3 Å². The van der Waals surface area contributed by atoms with Gasteiger partial charge in [0.15, 0.2) is 5.76 Å². The van der Waals surface area contributed by atoms with Crippen LogP contribution in [0, 0.1) is 27.7 Å². The van der Waals surface area contributed by atoms with Crippen LogP contribution in [0.3, 0.4) is 0 Å². The van der Waals surface area contributed by atoms with Crippen molar-refractivity contribution in [2.75, 3.05) is 0 Å². The highest BCUT2D eigenvalue weighted by Gasteiger charge is 2.23. The maximum atomic E-state index is 12.6. The van der Waals surface area contributed by atoms with Gasteiger partial charge in [-0.3, -0.25) is 10.2 Å². The van der Waals surface area contributed by atoms with Crippen molar-refractivity contribution >= 4 is 26.9 Å². The van der Waals surface area contributed by atoms with E-state index in [-0.39, 0.29) is 10.7 Å². The molecule has 136 valence electrons. The van der Waals surface area contributed by atoms with Gasteiger partial charge in [-0.2, -0.15) is 0 Å². The fourth-order valence-electron chi connectivity index (χ4n) is 3.20. The Morgan fingerprint density at radius 1 is 1.00 bits per heavy atom. The van der Waals surface area contributed by atoms with Crippen molar-refractivity contribution in [2.45, 2.75) is 32.6 Å². The van der Waals surface area contributed by atoms with Gasteiger partial charge >= 0.3 is 5.91 Å². The molecular formula is C19H20N2O4S. The van der Waals surface area contributed by atoms with Gasteiger partial charge < -0.3 is 4.42 Å². The summed E-state index contributed by atoms with van der Waals surface area (Å²) in [6.07, 6.45) is 0. The molecule has 0 aliphatic heterocycles. The molecule has 3 rings (SSSR count). The summed E-state index contributed by atoms with van der Waals surface area (Å²) >= 11 is 0. The number of rotatable bonds is 4. The average Bonchev–Trinajstić information content (AvgIpc) is 2.89. The van der Waals surface area contributed by atoms with Gasteiger partial charge in [-0.1, -0.05) is 35.9 Å². The first-order chi connectivity index (χ1) is 12.2. The van der Waals surface area contributed by atoms with E-state index in [2.05, 4.69) is 10.3 Å². The van der Waals surface area contributed by atoms with Gasteiger partial charge in [0.25, 0.3) is 10.0 Å². The molecular weight excluding hydrogens is 352 g/mol. The van der Waals surface area contributed by atoms with Crippen LogP contribution >= 0.6 is 0 Å². The van der Waals surface area contributed by atoms with E-state index in [0.717, 1.165) is 10.9 Å². The monoisotopic (exact) mass is 372 g/mol. The molecule has 3 aromatic rings. The maximum Gasteiger partial charge on any atom is 0.302 e. The van der Waals surface area contributed by atoms with Crippen molar-refractivity contribution < 1.29 is 17.6 Å². The zero-order valence-electron chi connectivity index (χ0n) is 15.0. The molecule has 1 aromatic heterocycles. The van der Waals surface area contributed by atoms with Gasteiger partial charge in [-0.05, 0) is 44.9 Å². The number of hydrogen-bond acceptors (Lipinski definition) is 4. The Labute approximate surface area is 152 Å². The van der Waals surface area contributed by atoms with Gasteiger partial charge in [-0.15, -0.1) is 4.83 Å².